The number of halogens is 1. The van der Waals surface area contributed by atoms with Gasteiger partial charge in [-0.3, -0.25) is 4.79 Å². The van der Waals surface area contributed by atoms with Gasteiger partial charge >= 0.3 is 0 Å². The van der Waals surface area contributed by atoms with Crippen molar-refractivity contribution in [1.29, 1.82) is 0 Å². The average molecular weight is 312 g/mol. The van der Waals surface area contributed by atoms with E-state index in [1.807, 2.05) is 0 Å². The highest BCUT2D eigenvalue weighted by atomic mass is 35.5. The molecule has 1 aromatic carbocycles. The summed E-state index contributed by atoms with van der Waals surface area (Å²) >= 11 is 6.21. The van der Waals surface area contributed by atoms with E-state index in [9.17, 15) is 4.79 Å². The largest absolute Gasteiger partial charge is 0.493 e. The number of carbonyl (C=O) groups excluding carboxylic acids is 1. The molecule has 21 heavy (non-hydrogen) atoms. The molecule has 0 atom stereocenters. The molecular formula is C16H22ClNO3. The third kappa shape index (κ3) is 4.27. The maximum absolute atomic E-state index is 12.1. The summed E-state index contributed by atoms with van der Waals surface area (Å²) < 4.78 is 10.4. The fourth-order valence-electron chi connectivity index (χ4n) is 2.73. The van der Waals surface area contributed by atoms with Gasteiger partial charge in [0, 0.05) is 17.1 Å². The molecule has 1 aliphatic rings. The summed E-state index contributed by atoms with van der Waals surface area (Å²) in [7, 11) is 3.13. The first kappa shape index (κ1) is 16.0. The lowest BCUT2D eigenvalue weighted by atomic mass is 9.95. The highest BCUT2D eigenvalue weighted by Crippen LogP contribution is 2.33. The summed E-state index contributed by atoms with van der Waals surface area (Å²) in [5, 5.41) is 3.61. The summed E-state index contributed by atoms with van der Waals surface area (Å²) in [6.45, 7) is 0. The van der Waals surface area contributed by atoms with Crippen molar-refractivity contribution < 1.29 is 14.3 Å². The lowest BCUT2D eigenvalue weighted by Gasteiger charge is -2.23. The summed E-state index contributed by atoms with van der Waals surface area (Å²) in [5.41, 5.74) is 0.752. The van der Waals surface area contributed by atoms with Gasteiger partial charge in [-0.1, -0.05) is 30.9 Å². The van der Waals surface area contributed by atoms with E-state index >= 15 is 0 Å². The standard InChI is InChI=1S/C16H22ClNO3/c1-20-14-8-11(13(17)10-15(14)21-2)9-16(19)18-12-6-4-3-5-7-12/h8,10,12H,3-7,9H2,1-2H3,(H,18,19). The quantitative estimate of drug-likeness (QED) is 0.907. The molecule has 0 heterocycles. The van der Waals surface area contributed by atoms with Crippen molar-refractivity contribution in [3.8, 4) is 11.5 Å². The minimum Gasteiger partial charge on any atom is -0.493 e. The number of nitrogens with one attached hydrogen (secondary N) is 1. The van der Waals surface area contributed by atoms with E-state index < -0.39 is 0 Å². The van der Waals surface area contributed by atoms with E-state index in [4.69, 9.17) is 21.1 Å². The molecule has 0 bridgehead atoms. The molecule has 0 aliphatic heterocycles. The van der Waals surface area contributed by atoms with E-state index in [-0.39, 0.29) is 12.3 Å². The van der Waals surface area contributed by atoms with Gasteiger partial charge in [-0.05, 0) is 24.5 Å². The van der Waals surface area contributed by atoms with E-state index in [1.54, 1.807) is 26.4 Å². The van der Waals surface area contributed by atoms with Gasteiger partial charge in [0.15, 0.2) is 11.5 Å². The molecule has 2 rings (SSSR count). The first-order chi connectivity index (χ1) is 10.1. The van der Waals surface area contributed by atoms with Gasteiger partial charge in [-0.25, -0.2) is 0 Å². The van der Waals surface area contributed by atoms with Crippen molar-refractivity contribution in [3.05, 3.63) is 22.7 Å². The third-order valence-electron chi connectivity index (χ3n) is 3.87. The zero-order chi connectivity index (χ0) is 15.2. The number of benzene rings is 1. The molecule has 1 aliphatic carbocycles. The van der Waals surface area contributed by atoms with Crippen LogP contribution in [0.25, 0.3) is 0 Å². The molecule has 4 nitrogen and oxygen atoms in total. The number of ether oxygens (including phenoxy) is 2. The van der Waals surface area contributed by atoms with Gasteiger partial charge in [0.2, 0.25) is 5.91 Å². The van der Waals surface area contributed by atoms with Crippen LogP contribution in [0.15, 0.2) is 12.1 Å². The number of carbonyl (C=O) groups is 1. The van der Waals surface area contributed by atoms with Crippen LogP contribution in [-0.4, -0.2) is 26.2 Å². The van der Waals surface area contributed by atoms with Crippen LogP contribution in [0.3, 0.4) is 0 Å². The Bertz CT molecular complexity index is 499. The molecule has 0 saturated heterocycles. The first-order valence-corrected chi connectivity index (χ1v) is 7.71. The van der Waals surface area contributed by atoms with Crippen molar-refractivity contribution in [3.63, 3.8) is 0 Å². The Hall–Kier alpha value is -1.42. The van der Waals surface area contributed by atoms with Crippen molar-refractivity contribution in [2.45, 2.75) is 44.6 Å². The van der Waals surface area contributed by atoms with E-state index in [0.29, 0.717) is 22.6 Å². The summed E-state index contributed by atoms with van der Waals surface area (Å²) in [6.07, 6.45) is 6.07. The second-order valence-corrected chi connectivity index (χ2v) is 5.79. The number of hydrogen-bond donors (Lipinski definition) is 1. The Morgan fingerprint density at radius 3 is 2.43 bits per heavy atom. The number of hydrogen-bond acceptors (Lipinski definition) is 3. The van der Waals surface area contributed by atoms with Crippen molar-refractivity contribution >= 4 is 17.5 Å². The summed E-state index contributed by atoms with van der Waals surface area (Å²) in [5.74, 6) is 1.16. The minimum atomic E-state index is 0.0102. The van der Waals surface area contributed by atoms with Crippen LogP contribution in [-0.2, 0) is 11.2 Å². The molecule has 0 unspecified atom stereocenters. The van der Waals surface area contributed by atoms with Crippen LogP contribution in [0.4, 0.5) is 0 Å². The van der Waals surface area contributed by atoms with Crippen LogP contribution in [0.5, 0.6) is 11.5 Å². The summed E-state index contributed by atoms with van der Waals surface area (Å²) in [6, 6.07) is 3.76. The molecule has 1 saturated carbocycles. The lowest BCUT2D eigenvalue weighted by molar-refractivity contribution is -0.121. The predicted molar refractivity (Wildman–Crippen MR) is 83.3 cm³/mol. The lowest BCUT2D eigenvalue weighted by Crippen LogP contribution is -2.37. The molecule has 116 valence electrons. The van der Waals surface area contributed by atoms with Crippen molar-refractivity contribution in [2.75, 3.05) is 14.2 Å². The van der Waals surface area contributed by atoms with Crippen LogP contribution in [0, 0.1) is 0 Å². The predicted octanol–water partition coefficient (Wildman–Crippen LogP) is 3.35. The minimum absolute atomic E-state index is 0.0102. The number of amides is 1. The number of rotatable bonds is 5. The highest BCUT2D eigenvalue weighted by Gasteiger charge is 2.17. The Morgan fingerprint density at radius 2 is 1.81 bits per heavy atom. The molecule has 5 heteroatoms. The van der Waals surface area contributed by atoms with Crippen LogP contribution >= 0.6 is 11.6 Å². The second-order valence-electron chi connectivity index (χ2n) is 5.38. The fourth-order valence-corrected chi connectivity index (χ4v) is 2.95. The number of methoxy groups -OCH3 is 2. The summed E-state index contributed by atoms with van der Waals surface area (Å²) in [4.78, 5) is 12.1. The topological polar surface area (TPSA) is 47.6 Å². The van der Waals surface area contributed by atoms with Crippen LogP contribution < -0.4 is 14.8 Å². The van der Waals surface area contributed by atoms with Gasteiger partial charge in [0.05, 0.1) is 20.6 Å². The molecule has 1 fully saturated rings. The Labute approximate surface area is 130 Å². The van der Waals surface area contributed by atoms with E-state index in [1.165, 1.54) is 19.3 Å². The van der Waals surface area contributed by atoms with E-state index in [2.05, 4.69) is 5.32 Å². The maximum atomic E-state index is 12.1. The first-order valence-electron chi connectivity index (χ1n) is 7.33. The molecular weight excluding hydrogens is 290 g/mol. The van der Waals surface area contributed by atoms with Crippen LogP contribution in [0.1, 0.15) is 37.7 Å². The molecule has 1 aromatic rings. The van der Waals surface area contributed by atoms with Gasteiger partial charge in [-0.2, -0.15) is 0 Å². The average Bonchev–Trinajstić information content (AvgIpc) is 2.49. The van der Waals surface area contributed by atoms with Gasteiger partial charge in [0.25, 0.3) is 0 Å². The van der Waals surface area contributed by atoms with Gasteiger partial charge in [-0.15, -0.1) is 0 Å². The highest BCUT2D eigenvalue weighted by molar-refractivity contribution is 6.31. The molecule has 0 aromatic heterocycles. The van der Waals surface area contributed by atoms with Crippen molar-refractivity contribution in [2.24, 2.45) is 0 Å². The maximum Gasteiger partial charge on any atom is 0.224 e. The van der Waals surface area contributed by atoms with Crippen LogP contribution in [0.2, 0.25) is 5.02 Å². The van der Waals surface area contributed by atoms with Gasteiger partial charge in [0.1, 0.15) is 0 Å². The second kappa shape index (κ2) is 7.55. The zero-order valence-electron chi connectivity index (χ0n) is 12.6. The normalized spacial score (nSPS) is 15.6. The van der Waals surface area contributed by atoms with Gasteiger partial charge < -0.3 is 14.8 Å². The Balaban J connectivity index is 2.02. The Morgan fingerprint density at radius 1 is 1.19 bits per heavy atom. The monoisotopic (exact) mass is 311 g/mol. The third-order valence-corrected chi connectivity index (χ3v) is 4.23. The molecule has 1 N–H and O–H groups in total. The molecule has 0 radical (unpaired) electrons. The SMILES string of the molecule is COc1cc(Cl)c(CC(=O)NC2CCCCC2)cc1OC. The molecule has 0 spiro atoms. The van der Waals surface area contributed by atoms with Crippen molar-refractivity contribution in [1.82, 2.24) is 5.32 Å². The smallest absolute Gasteiger partial charge is 0.224 e. The zero-order valence-corrected chi connectivity index (χ0v) is 13.3. The fraction of sp³-hybridized carbons (Fsp3) is 0.562. The van der Waals surface area contributed by atoms with E-state index in [0.717, 1.165) is 18.4 Å². The molecule has 1 amide bonds. The Kier molecular flexibility index (Phi) is 5.74.